The summed E-state index contributed by atoms with van der Waals surface area (Å²) in [4.78, 5) is 11.2. The largest absolute Gasteiger partial charge is 0.504 e. The molecule has 3 N–H and O–H groups in total. The van der Waals surface area contributed by atoms with Gasteiger partial charge in [0.1, 0.15) is 10.7 Å². The third kappa shape index (κ3) is 3.73. The third-order valence-corrected chi connectivity index (χ3v) is 2.85. The lowest BCUT2D eigenvalue weighted by Gasteiger charge is -2.06. The minimum atomic E-state index is -0.500. The zero-order chi connectivity index (χ0) is 15.2. The lowest BCUT2D eigenvalue weighted by molar-refractivity contribution is 0.318. The van der Waals surface area contributed by atoms with Crippen LogP contribution in [0.4, 0.5) is 5.69 Å². The van der Waals surface area contributed by atoms with E-state index in [1.165, 1.54) is 18.5 Å². The van der Waals surface area contributed by atoms with E-state index in [4.69, 9.17) is 16.3 Å². The highest BCUT2D eigenvalue weighted by Crippen LogP contribution is 2.26. The molecule has 8 heteroatoms. The summed E-state index contributed by atoms with van der Waals surface area (Å²) in [6, 6.07) is 4.82. The lowest BCUT2D eigenvalue weighted by Crippen LogP contribution is -2.10. The van der Waals surface area contributed by atoms with E-state index in [1.54, 1.807) is 12.1 Å². The van der Waals surface area contributed by atoms with E-state index in [-0.39, 0.29) is 10.8 Å². The van der Waals surface area contributed by atoms with Crippen LogP contribution in [-0.2, 0) is 0 Å². The average molecular weight is 309 g/mol. The minimum absolute atomic E-state index is 0.0251. The number of aromatic nitrogens is 2. The summed E-state index contributed by atoms with van der Waals surface area (Å²) in [5.41, 5.74) is 3.12. The van der Waals surface area contributed by atoms with Crippen LogP contribution in [0.1, 0.15) is 12.5 Å². The molecule has 0 unspecified atom stereocenters. The van der Waals surface area contributed by atoms with Crippen LogP contribution in [0.2, 0.25) is 5.02 Å². The number of nitrogens with zero attached hydrogens (tertiary/aromatic N) is 2. The van der Waals surface area contributed by atoms with Gasteiger partial charge in [0.05, 0.1) is 19.0 Å². The standard InChI is InChI=1S/C13H13ClN4O3/c1-2-21-11-5-8(3-4-10(11)19)6-15-17-9-7-16-18-13(20)12(9)14/h3-7,19H,2H2,1H3,(H2,17,18,20)/b15-6-. The second-order valence-corrected chi connectivity index (χ2v) is 4.33. The molecule has 0 radical (unpaired) electrons. The molecule has 7 nitrogen and oxygen atoms in total. The van der Waals surface area contributed by atoms with E-state index in [0.29, 0.717) is 23.6 Å². The van der Waals surface area contributed by atoms with Crippen LogP contribution < -0.4 is 15.7 Å². The van der Waals surface area contributed by atoms with Crippen LogP contribution in [-0.4, -0.2) is 28.1 Å². The van der Waals surface area contributed by atoms with Crippen LogP contribution in [0.25, 0.3) is 0 Å². The van der Waals surface area contributed by atoms with Crippen molar-refractivity contribution in [3.05, 3.63) is 45.3 Å². The molecular weight excluding hydrogens is 296 g/mol. The molecule has 2 rings (SSSR count). The topological polar surface area (TPSA) is 99.6 Å². The zero-order valence-corrected chi connectivity index (χ0v) is 11.9. The summed E-state index contributed by atoms with van der Waals surface area (Å²) in [5.74, 6) is 0.432. The highest BCUT2D eigenvalue weighted by molar-refractivity contribution is 6.32. The maximum Gasteiger partial charge on any atom is 0.285 e. The van der Waals surface area contributed by atoms with Gasteiger partial charge in [0.15, 0.2) is 11.5 Å². The van der Waals surface area contributed by atoms with Crippen molar-refractivity contribution in [3.8, 4) is 11.5 Å². The number of H-pyrrole nitrogens is 1. The number of benzene rings is 1. The van der Waals surface area contributed by atoms with E-state index >= 15 is 0 Å². The highest BCUT2D eigenvalue weighted by atomic mass is 35.5. The molecule has 1 heterocycles. The average Bonchev–Trinajstić information content (AvgIpc) is 2.47. The Morgan fingerprint density at radius 3 is 3.14 bits per heavy atom. The number of rotatable bonds is 5. The summed E-state index contributed by atoms with van der Waals surface area (Å²) in [6.07, 6.45) is 2.85. The van der Waals surface area contributed by atoms with E-state index in [9.17, 15) is 9.90 Å². The van der Waals surface area contributed by atoms with Gasteiger partial charge in [-0.05, 0) is 30.7 Å². The number of aromatic hydroxyl groups is 1. The number of phenols is 1. The predicted octanol–water partition coefficient (Wildman–Crippen LogP) is 1.97. The van der Waals surface area contributed by atoms with Crippen LogP contribution in [0.3, 0.4) is 0 Å². The van der Waals surface area contributed by atoms with Crippen molar-refractivity contribution in [2.75, 3.05) is 12.0 Å². The molecule has 0 saturated heterocycles. The number of hydrogen-bond acceptors (Lipinski definition) is 6. The van der Waals surface area contributed by atoms with Crippen molar-refractivity contribution >= 4 is 23.5 Å². The first-order chi connectivity index (χ1) is 10.1. The number of aromatic amines is 1. The summed E-state index contributed by atoms with van der Waals surface area (Å²) in [5, 5.41) is 19.3. The van der Waals surface area contributed by atoms with Gasteiger partial charge in [-0.2, -0.15) is 10.2 Å². The number of phenolic OH excluding ortho intramolecular Hbond substituents is 1. The van der Waals surface area contributed by atoms with Crippen LogP contribution in [0, 0.1) is 0 Å². The Bertz CT molecular complexity index is 715. The summed E-state index contributed by atoms with van der Waals surface area (Å²) in [6.45, 7) is 2.27. The molecule has 0 fully saturated rings. The SMILES string of the molecule is CCOc1cc(/C=N\Nc2cn[nH]c(=O)c2Cl)ccc1O. The first-order valence-corrected chi connectivity index (χ1v) is 6.47. The van der Waals surface area contributed by atoms with Crippen molar-refractivity contribution in [2.24, 2.45) is 5.10 Å². The number of halogens is 1. The molecule has 0 bridgehead atoms. The van der Waals surface area contributed by atoms with Crippen molar-refractivity contribution in [1.82, 2.24) is 10.2 Å². The molecule has 0 aliphatic rings. The molecule has 0 amide bonds. The van der Waals surface area contributed by atoms with Crippen LogP contribution >= 0.6 is 11.6 Å². The smallest absolute Gasteiger partial charge is 0.285 e. The number of ether oxygens (including phenoxy) is 1. The van der Waals surface area contributed by atoms with Crippen LogP contribution in [0.15, 0.2) is 34.3 Å². The quantitative estimate of drug-likeness (QED) is 0.579. The Kier molecular flexibility index (Phi) is 4.78. The fraction of sp³-hybridized carbons (Fsp3) is 0.154. The molecule has 0 atom stereocenters. The van der Waals surface area contributed by atoms with Gasteiger partial charge in [0, 0.05) is 0 Å². The molecule has 0 spiro atoms. The first kappa shape index (κ1) is 14.9. The molecule has 1 aromatic heterocycles. The van der Waals surface area contributed by atoms with Gasteiger partial charge in [0.2, 0.25) is 0 Å². The Morgan fingerprint density at radius 1 is 1.57 bits per heavy atom. The second kappa shape index (κ2) is 6.76. The van der Waals surface area contributed by atoms with Crippen molar-refractivity contribution in [2.45, 2.75) is 6.92 Å². The van der Waals surface area contributed by atoms with Gasteiger partial charge < -0.3 is 9.84 Å². The Morgan fingerprint density at radius 2 is 2.38 bits per heavy atom. The number of hydrazone groups is 1. The fourth-order valence-electron chi connectivity index (χ4n) is 1.52. The summed E-state index contributed by atoms with van der Waals surface area (Å²) >= 11 is 5.79. The third-order valence-electron chi connectivity index (χ3n) is 2.48. The molecule has 110 valence electrons. The van der Waals surface area contributed by atoms with E-state index in [2.05, 4.69) is 20.7 Å². The monoisotopic (exact) mass is 308 g/mol. The molecule has 0 aliphatic carbocycles. The minimum Gasteiger partial charge on any atom is -0.504 e. The first-order valence-electron chi connectivity index (χ1n) is 6.10. The Labute approximate surface area is 125 Å². The van der Waals surface area contributed by atoms with Gasteiger partial charge in [-0.25, -0.2) is 5.10 Å². The van der Waals surface area contributed by atoms with Crippen LogP contribution in [0.5, 0.6) is 11.5 Å². The molecule has 1 aromatic carbocycles. The number of hydrogen-bond donors (Lipinski definition) is 3. The maximum atomic E-state index is 11.2. The fourth-order valence-corrected chi connectivity index (χ4v) is 1.65. The van der Waals surface area contributed by atoms with E-state index in [0.717, 1.165) is 0 Å². The molecular formula is C13H13ClN4O3. The van der Waals surface area contributed by atoms with Gasteiger partial charge in [-0.3, -0.25) is 10.2 Å². The van der Waals surface area contributed by atoms with Crippen molar-refractivity contribution in [3.63, 3.8) is 0 Å². The normalized spacial score (nSPS) is 10.8. The van der Waals surface area contributed by atoms with E-state index in [1.807, 2.05) is 6.92 Å². The lowest BCUT2D eigenvalue weighted by atomic mass is 10.2. The predicted molar refractivity (Wildman–Crippen MR) is 80.4 cm³/mol. The Balaban J connectivity index is 2.13. The second-order valence-electron chi connectivity index (χ2n) is 3.96. The molecule has 0 aliphatic heterocycles. The zero-order valence-electron chi connectivity index (χ0n) is 11.1. The summed E-state index contributed by atoms with van der Waals surface area (Å²) < 4.78 is 5.27. The van der Waals surface area contributed by atoms with Gasteiger partial charge in [0.25, 0.3) is 5.56 Å². The highest BCUT2D eigenvalue weighted by Gasteiger charge is 2.04. The molecule has 0 saturated carbocycles. The summed E-state index contributed by atoms with van der Waals surface area (Å²) in [7, 11) is 0. The van der Waals surface area contributed by atoms with Gasteiger partial charge >= 0.3 is 0 Å². The van der Waals surface area contributed by atoms with Crippen molar-refractivity contribution in [1.29, 1.82) is 0 Å². The molecule has 21 heavy (non-hydrogen) atoms. The number of anilines is 1. The maximum absolute atomic E-state index is 11.2. The van der Waals surface area contributed by atoms with Gasteiger partial charge in [-0.1, -0.05) is 11.6 Å². The van der Waals surface area contributed by atoms with Crippen molar-refractivity contribution < 1.29 is 9.84 Å². The van der Waals surface area contributed by atoms with Gasteiger partial charge in [-0.15, -0.1) is 0 Å². The Hall–Kier alpha value is -2.54. The number of nitrogens with one attached hydrogen (secondary N) is 2. The van der Waals surface area contributed by atoms with E-state index < -0.39 is 5.56 Å². The molecule has 2 aromatic rings.